The smallest absolute Gasteiger partial charge is 0.202 e. The van der Waals surface area contributed by atoms with Gasteiger partial charge in [0.05, 0.1) is 6.04 Å². The molecule has 1 fully saturated rings. The quantitative estimate of drug-likeness (QED) is 0.722. The van der Waals surface area contributed by atoms with Crippen molar-refractivity contribution in [1.29, 1.82) is 0 Å². The second-order valence-electron chi connectivity index (χ2n) is 3.27. The van der Waals surface area contributed by atoms with Crippen molar-refractivity contribution in [2.75, 3.05) is 0 Å². The molecule has 12 heavy (non-hydrogen) atoms. The Morgan fingerprint density at radius 3 is 2.92 bits per heavy atom. The predicted molar refractivity (Wildman–Crippen MR) is 48.1 cm³/mol. The molecule has 1 aliphatic carbocycles. The molecule has 66 valence electrons. The number of halogens is 1. The van der Waals surface area contributed by atoms with Crippen molar-refractivity contribution in [2.45, 2.75) is 31.3 Å². The molecule has 2 atom stereocenters. The second kappa shape index (κ2) is 3.07. The molecule has 0 radical (unpaired) electrons. The summed E-state index contributed by atoms with van der Waals surface area (Å²) in [6.45, 7) is 0. The summed E-state index contributed by atoms with van der Waals surface area (Å²) >= 11 is 5.88. The van der Waals surface area contributed by atoms with Gasteiger partial charge in [0.15, 0.2) is 0 Å². The van der Waals surface area contributed by atoms with E-state index in [0.717, 1.165) is 12.8 Å². The standard InChI is InChI=1S/C8H12ClN3/c9-8-11-4-5-12(8)7-3-1-2-6(7)10/h4-7H,1-3,10H2. The molecule has 0 spiro atoms. The third kappa shape index (κ3) is 1.23. The van der Waals surface area contributed by atoms with Gasteiger partial charge in [-0.05, 0) is 30.9 Å². The molecular formula is C8H12ClN3. The Morgan fingerprint density at radius 1 is 1.58 bits per heavy atom. The van der Waals surface area contributed by atoms with Crippen molar-refractivity contribution in [3.05, 3.63) is 17.7 Å². The van der Waals surface area contributed by atoms with Crippen molar-refractivity contribution < 1.29 is 0 Å². The molecule has 1 heterocycles. The lowest BCUT2D eigenvalue weighted by Crippen LogP contribution is -2.26. The maximum atomic E-state index is 5.93. The number of aromatic nitrogens is 2. The van der Waals surface area contributed by atoms with Crippen LogP contribution in [-0.2, 0) is 0 Å². The predicted octanol–water partition coefficient (Wildman–Crippen LogP) is 1.59. The summed E-state index contributed by atoms with van der Waals surface area (Å²) in [6.07, 6.45) is 7.03. The number of hydrogen-bond donors (Lipinski definition) is 1. The molecule has 0 saturated heterocycles. The zero-order valence-corrected chi connectivity index (χ0v) is 7.54. The Balaban J connectivity index is 2.24. The first-order valence-corrected chi connectivity index (χ1v) is 4.61. The summed E-state index contributed by atoms with van der Waals surface area (Å²) in [5, 5.41) is 0.553. The molecule has 0 aliphatic heterocycles. The zero-order valence-electron chi connectivity index (χ0n) is 6.78. The van der Waals surface area contributed by atoms with Crippen LogP contribution in [0.15, 0.2) is 12.4 Å². The van der Waals surface area contributed by atoms with Gasteiger partial charge in [0.25, 0.3) is 0 Å². The van der Waals surface area contributed by atoms with E-state index in [-0.39, 0.29) is 6.04 Å². The molecule has 0 aromatic carbocycles. The van der Waals surface area contributed by atoms with Crippen LogP contribution in [-0.4, -0.2) is 15.6 Å². The highest BCUT2D eigenvalue weighted by atomic mass is 35.5. The number of hydrogen-bond acceptors (Lipinski definition) is 2. The lowest BCUT2D eigenvalue weighted by Gasteiger charge is -2.17. The minimum absolute atomic E-state index is 0.247. The minimum Gasteiger partial charge on any atom is -0.326 e. The first-order chi connectivity index (χ1) is 5.79. The lowest BCUT2D eigenvalue weighted by molar-refractivity contribution is 0.462. The maximum absolute atomic E-state index is 5.93. The van der Waals surface area contributed by atoms with E-state index in [1.807, 2.05) is 10.8 Å². The molecule has 3 nitrogen and oxygen atoms in total. The van der Waals surface area contributed by atoms with E-state index < -0.39 is 0 Å². The number of imidazole rings is 1. The molecule has 1 saturated carbocycles. The van der Waals surface area contributed by atoms with Gasteiger partial charge in [-0.15, -0.1) is 0 Å². The third-order valence-electron chi connectivity index (χ3n) is 2.51. The fourth-order valence-corrected chi connectivity index (χ4v) is 2.09. The Bertz CT molecular complexity index is 271. The van der Waals surface area contributed by atoms with Gasteiger partial charge in [-0.25, -0.2) is 4.98 Å². The summed E-state index contributed by atoms with van der Waals surface area (Å²) in [6, 6.07) is 0.608. The normalized spacial score (nSPS) is 29.5. The van der Waals surface area contributed by atoms with Crippen LogP contribution in [0.2, 0.25) is 5.28 Å². The van der Waals surface area contributed by atoms with E-state index in [0.29, 0.717) is 11.3 Å². The molecule has 4 heteroatoms. The molecule has 0 bridgehead atoms. The van der Waals surface area contributed by atoms with Gasteiger partial charge < -0.3 is 10.3 Å². The fraction of sp³-hybridized carbons (Fsp3) is 0.625. The molecule has 2 unspecified atom stereocenters. The fourth-order valence-electron chi connectivity index (χ4n) is 1.86. The monoisotopic (exact) mass is 185 g/mol. The molecule has 1 aromatic rings. The first-order valence-electron chi connectivity index (χ1n) is 4.23. The topological polar surface area (TPSA) is 43.8 Å². The number of rotatable bonds is 1. The summed E-state index contributed by atoms with van der Waals surface area (Å²) in [5.74, 6) is 0. The summed E-state index contributed by atoms with van der Waals surface area (Å²) in [4.78, 5) is 3.97. The van der Waals surface area contributed by atoms with Crippen molar-refractivity contribution >= 4 is 11.6 Å². The summed E-state index contributed by atoms with van der Waals surface area (Å²) in [7, 11) is 0. The summed E-state index contributed by atoms with van der Waals surface area (Å²) < 4.78 is 1.97. The van der Waals surface area contributed by atoms with E-state index >= 15 is 0 Å². The summed E-state index contributed by atoms with van der Waals surface area (Å²) in [5.41, 5.74) is 5.93. The van der Waals surface area contributed by atoms with Crippen LogP contribution in [0.5, 0.6) is 0 Å². The van der Waals surface area contributed by atoms with Gasteiger partial charge in [-0.3, -0.25) is 0 Å². The number of nitrogens with two attached hydrogens (primary N) is 1. The van der Waals surface area contributed by atoms with Crippen LogP contribution in [0.1, 0.15) is 25.3 Å². The van der Waals surface area contributed by atoms with Crippen LogP contribution < -0.4 is 5.73 Å². The molecule has 2 N–H and O–H groups in total. The SMILES string of the molecule is NC1CCCC1n1ccnc1Cl. The maximum Gasteiger partial charge on any atom is 0.202 e. The van der Waals surface area contributed by atoms with Crippen molar-refractivity contribution in [1.82, 2.24) is 9.55 Å². The van der Waals surface area contributed by atoms with Crippen molar-refractivity contribution in [3.8, 4) is 0 Å². The van der Waals surface area contributed by atoms with Gasteiger partial charge in [0.1, 0.15) is 0 Å². The van der Waals surface area contributed by atoms with E-state index in [1.165, 1.54) is 6.42 Å². The van der Waals surface area contributed by atoms with Crippen molar-refractivity contribution in [2.24, 2.45) is 5.73 Å². The van der Waals surface area contributed by atoms with E-state index in [2.05, 4.69) is 4.98 Å². The molecule has 1 aromatic heterocycles. The Hall–Kier alpha value is -0.540. The van der Waals surface area contributed by atoms with E-state index in [4.69, 9.17) is 17.3 Å². The molecular weight excluding hydrogens is 174 g/mol. The van der Waals surface area contributed by atoms with Gasteiger partial charge in [-0.2, -0.15) is 0 Å². The number of nitrogens with zero attached hydrogens (tertiary/aromatic N) is 2. The average Bonchev–Trinajstić information content (AvgIpc) is 2.59. The van der Waals surface area contributed by atoms with Crippen LogP contribution in [0.3, 0.4) is 0 Å². The van der Waals surface area contributed by atoms with Gasteiger partial charge in [-0.1, -0.05) is 0 Å². The highest BCUT2D eigenvalue weighted by Crippen LogP contribution is 2.30. The van der Waals surface area contributed by atoms with Crippen LogP contribution in [0.4, 0.5) is 0 Å². The van der Waals surface area contributed by atoms with Gasteiger partial charge in [0.2, 0.25) is 5.28 Å². The molecule has 1 aliphatic rings. The van der Waals surface area contributed by atoms with E-state index in [1.54, 1.807) is 6.20 Å². The van der Waals surface area contributed by atoms with E-state index in [9.17, 15) is 0 Å². The van der Waals surface area contributed by atoms with Crippen LogP contribution in [0.25, 0.3) is 0 Å². The van der Waals surface area contributed by atoms with Crippen LogP contribution in [0, 0.1) is 0 Å². The third-order valence-corrected chi connectivity index (χ3v) is 2.80. The largest absolute Gasteiger partial charge is 0.326 e. The Labute approximate surface area is 76.5 Å². The lowest BCUT2D eigenvalue weighted by atomic mass is 10.2. The Kier molecular flexibility index (Phi) is 2.07. The van der Waals surface area contributed by atoms with Gasteiger partial charge >= 0.3 is 0 Å². The molecule has 2 rings (SSSR count). The van der Waals surface area contributed by atoms with Crippen molar-refractivity contribution in [3.63, 3.8) is 0 Å². The second-order valence-corrected chi connectivity index (χ2v) is 3.60. The highest BCUT2D eigenvalue weighted by Gasteiger charge is 2.26. The molecule has 0 amide bonds. The Morgan fingerprint density at radius 2 is 2.42 bits per heavy atom. The van der Waals surface area contributed by atoms with Crippen LogP contribution >= 0.6 is 11.6 Å². The average molecular weight is 186 g/mol. The highest BCUT2D eigenvalue weighted by molar-refractivity contribution is 6.28. The van der Waals surface area contributed by atoms with Gasteiger partial charge in [0, 0.05) is 18.4 Å². The zero-order chi connectivity index (χ0) is 8.55. The first kappa shape index (κ1) is 8.08. The minimum atomic E-state index is 0.247.